The summed E-state index contributed by atoms with van der Waals surface area (Å²) in [6.45, 7) is 1.48. The summed E-state index contributed by atoms with van der Waals surface area (Å²) in [6.07, 6.45) is 3.16. The van der Waals surface area contributed by atoms with Gasteiger partial charge in [0.1, 0.15) is 12.4 Å². The molecule has 8 heteroatoms. The van der Waals surface area contributed by atoms with Crippen molar-refractivity contribution in [1.82, 2.24) is 4.90 Å². The Morgan fingerprint density at radius 3 is 2.31 bits per heavy atom. The second kappa shape index (κ2) is 11.8. The Morgan fingerprint density at radius 2 is 1.69 bits per heavy atom. The molecule has 0 unspecified atom stereocenters. The summed E-state index contributed by atoms with van der Waals surface area (Å²) < 4.78 is 35.2. The van der Waals surface area contributed by atoms with Gasteiger partial charge in [0.05, 0.1) is 11.3 Å². The maximum absolute atomic E-state index is 11.1. The van der Waals surface area contributed by atoms with Gasteiger partial charge in [-0.3, -0.25) is 9.35 Å². The molecule has 3 aromatic carbocycles. The van der Waals surface area contributed by atoms with E-state index in [0.717, 1.165) is 46.5 Å². The summed E-state index contributed by atoms with van der Waals surface area (Å²) in [5.41, 5.74) is 5.19. The van der Waals surface area contributed by atoms with E-state index in [4.69, 9.17) is 14.4 Å². The molecule has 0 atom stereocenters. The number of fused-ring (bicyclic) bond motifs is 2. The second-order valence-corrected chi connectivity index (χ2v) is 9.77. The highest BCUT2D eigenvalue weighted by Gasteiger charge is 2.19. The number of carboxylic acid groups (broad SMARTS) is 1. The van der Waals surface area contributed by atoms with Gasteiger partial charge >= 0.3 is 5.97 Å². The van der Waals surface area contributed by atoms with Gasteiger partial charge in [-0.05, 0) is 67.0 Å². The fourth-order valence-corrected chi connectivity index (χ4v) is 4.19. The predicted molar refractivity (Wildman–Crippen MR) is 135 cm³/mol. The third-order valence-corrected chi connectivity index (χ3v) is 6.21. The molecule has 0 bridgehead atoms. The van der Waals surface area contributed by atoms with Crippen LogP contribution in [0, 0.1) is 0 Å². The van der Waals surface area contributed by atoms with Crippen LogP contribution < -0.4 is 4.74 Å². The van der Waals surface area contributed by atoms with Crippen LogP contribution in [-0.2, 0) is 27.9 Å². The largest absolute Gasteiger partial charge is 0.488 e. The van der Waals surface area contributed by atoms with Gasteiger partial charge in [0.15, 0.2) is 0 Å². The lowest BCUT2D eigenvalue weighted by Crippen LogP contribution is -2.12. The number of hydrogen-bond acceptors (Lipinski definition) is 5. The van der Waals surface area contributed by atoms with E-state index >= 15 is 0 Å². The number of ether oxygens (including phenoxy) is 1. The lowest BCUT2D eigenvalue weighted by molar-refractivity contribution is -0.136. The topological polar surface area (TPSA) is 104 Å². The first-order valence-corrected chi connectivity index (χ1v) is 12.5. The first-order valence-electron chi connectivity index (χ1n) is 11.1. The van der Waals surface area contributed by atoms with Crippen LogP contribution in [-0.4, -0.2) is 49.6 Å². The standard InChI is InChI=1S/C21H23NO3.C6H6O3S/c1-22(2)11-5-8-18-17-7-4-3-6-16(17)14-25-20-10-9-15(12-19(18)20)13-21(23)24;7-10(8,9)6-4-2-1-3-5-6/h3-4,6-10,12H,5,11,13-14H2,1-2H3,(H,23,24);1-5H,(H,7,8,9)/b18-8-;. The molecule has 184 valence electrons. The number of benzene rings is 3. The Hall–Kier alpha value is -3.46. The third-order valence-electron chi connectivity index (χ3n) is 5.35. The smallest absolute Gasteiger partial charge is 0.307 e. The number of carbonyl (C=O) groups is 1. The van der Waals surface area contributed by atoms with Gasteiger partial charge in [0.2, 0.25) is 0 Å². The summed E-state index contributed by atoms with van der Waals surface area (Å²) in [4.78, 5) is 13.2. The minimum Gasteiger partial charge on any atom is -0.488 e. The molecule has 0 saturated heterocycles. The van der Waals surface area contributed by atoms with E-state index in [1.807, 2.05) is 30.3 Å². The first kappa shape index (κ1) is 26.2. The molecule has 0 radical (unpaired) electrons. The Kier molecular flexibility index (Phi) is 8.81. The lowest BCUT2D eigenvalue weighted by Gasteiger charge is -2.13. The van der Waals surface area contributed by atoms with Crippen molar-refractivity contribution in [3.05, 3.63) is 101 Å². The predicted octanol–water partition coefficient (Wildman–Crippen LogP) is 4.52. The van der Waals surface area contributed by atoms with E-state index in [1.165, 1.54) is 12.1 Å². The summed E-state index contributed by atoms with van der Waals surface area (Å²) in [5.74, 6) is -0.0190. The van der Waals surface area contributed by atoms with Crippen LogP contribution in [0.25, 0.3) is 5.57 Å². The summed E-state index contributed by atoms with van der Waals surface area (Å²) in [6, 6.07) is 21.3. The molecular weight excluding hydrogens is 466 g/mol. The minimum atomic E-state index is -4.00. The van der Waals surface area contributed by atoms with Crippen LogP contribution in [0.2, 0.25) is 0 Å². The van der Waals surface area contributed by atoms with Crippen LogP contribution in [0.3, 0.4) is 0 Å². The zero-order valence-corrected chi connectivity index (χ0v) is 20.5. The van der Waals surface area contributed by atoms with E-state index in [0.29, 0.717) is 6.61 Å². The molecular formula is C27H29NO6S. The Morgan fingerprint density at radius 1 is 1.00 bits per heavy atom. The maximum atomic E-state index is 11.1. The molecule has 35 heavy (non-hydrogen) atoms. The molecule has 0 spiro atoms. The molecule has 3 aromatic rings. The van der Waals surface area contributed by atoms with E-state index < -0.39 is 16.1 Å². The Labute approximate surface area is 206 Å². The van der Waals surface area contributed by atoms with Gasteiger partial charge < -0.3 is 14.7 Å². The van der Waals surface area contributed by atoms with Crippen LogP contribution >= 0.6 is 0 Å². The molecule has 1 aliphatic heterocycles. The van der Waals surface area contributed by atoms with Gasteiger partial charge in [0, 0.05) is 12.1 Å². The van der Waals surface area contributed by atoms with Crippen molar-refractivity contribution in [2.75, 3.05) is 20.6 Å². The first-order chi connectivity index (χ1) is 16.6. The monoisotopic (exact) mass is 495 g/mol. The zero-order valence-electron chi connectivity index (χ0n) is 19.7. The van der Waals surface area contributed by atoms with Crippen molar-refractivity contribution < 1.29 is 27.6 Å². The van der Waals surface area contributed by atoms with Crippen molar-refractivity contribution in [3.63, 3.8) is 0 Å². The highest BCUT2D eigenvalue weighted by Crippen LogP contribution is 2.37. The molecule has 1 aliphatic rings. The summed E-state index contributed by atoms with van der Waals surface area (Å²) >= 11 is 0. The molecule has 7 nitrogen and oxygen atoms in total. The third kappa shape index (κ3) is 7.51. The van der Waals surface area contributed by atoms with Gasteiger partial charge in [-0.2, -0.15) is 8.42 Å². The molecule has 0 aliphatic carbocycles. The highest BCUT2D eigenvalue weighted by molar-refractivity contribution is 7.85. The van der Waals surface area contributed by atoms with Crippen molar-refractivity contribution in [3.8, 4) is 5.75 Å². The van der Waals surface area contributed by atoms with Gasteiger partial charge in [-0.15, -0.1) is 0 Å². The normalized spacial score (nSPS) is 13.7. The fraction of sp³-hybridized carbons (Fsp3) is 0.222. The SMILES string of the molecule is CN(C)CC/C=C1/c2ccccc2COc2ccc(CC(=O)O)cc21.O=S(=O)(O)c1ccccc1. The number of hydrogen-bond donors (Lipinski definition) is 2. The van der Waals surface area contributed by atoms with Gasteiger partial charge in [-0.1, -0.05) is 54.6 Å². The zero-order chi connectivity index (χ0) is 25.4. The van der Waals surface area contributed by atoms with Gasteiger partial charge in [-0.25, -0.2) is 0 Å². The van der Waals surface area contributed by atoms with Crippen LogP contribution in [0.5, 0.6) is 5.75 Å². The summed E-state index contributed by atoms with van der Waals surface area (Å²) in [7, 11) is 0.111. The molecule has 0 amide bonds. The minimum absolute atomic E-state index is 0.0138. The average Bonchev–Trinajstić information content (AvgIpc) is 2.96. The van der Waals surface area contributed by atoms with Crippen molar-refractivity contribution >= 4 is 21.7 Å². The maximum Gasteiger partial charge on any atom is 0.307 e. The molecule has 4 rings (SSSR count). The Balaban J connectivity index is 0.000000287. The number of aliphatic carboxylic acids is 1. The molecule has 2 N–H and O–H groups in total. The average molecular weight is 496 g/mol. The van der Waals surface area contributed by atoms with Crippen molar-refractivity contribution in [2.45, 2.75) is 24.3 Å². The van der Waals surface area contributed by atoms with Gasteiger partial charge in [0.25, 0.3) is 10.1 Å². The van der Waals surface area contributed by atoms with Crippen LogP contribution in [0.4, 0.5) is 0 Å². The van der Waals surface area contributed by atoms with Crippen LogP contribution in [0.15, 0.2) is 83.8 Å². The van der Waals surface area contributed by atoms with E-state index in [9.17, 15) is 13.2 Å². The highest BCUT2D eigenvalue weighted by atomic mass is 32.2. The van der Waals surface area contributed by atoms with Crippen molar-refractivity contribution in [1.29, 1.82) is 0 Å². The Bertz CT molecular complexity index is 1300. The molecule has 0 fully saturated rings. The fourth-order valence-electron chi connectivity index (χ4n) is 3.69. The molecule has 1 heterocycles. The van der Waals surface area contributed by atoms with Crippen molar-refractivity contribution in [2.24, 2.45) is 0 Å². The van der Waals surface area contributed by atoms with E-state index in [-0.39, 0.29) is 11.3 Å². The number of rotatable bonds is 6. The number of carboxylic acids is 1. The van der Waals surface area contributed by atoms with Crippen LogP contribution in [0.1, 0.15) is 28.7 Å². The molecule has 0 aromatic heterocycles. The van der Waals surface area contributed by atoms with E-state index in [1.54, 1.807) is 18.2 Å². The number of nitrogens with zero attached hydrogens (tertiary/aromatic N) is 1. The summed E-state index contributed by atoms with van der Waals surface area (Å²) in [5, 5.41) is 9.10. The lowest BCUT2D eigenvalue weighted by atomic mass is 9.92. The molecule has 0 saturated carbocycles. The quantitative estimate of drug-likeness (QED) is 0.485. The second-order valence-electron chi connectivity index (χ2n) is 8.34. The van der Waals surface area contributed by atoms with E-state index in [2.05, 4.69) is 37.2 Å².